The van der Waals surface area contributed by atoms with Crippen LogP contribution in [0.3, 0.4) is 0 Å². The van der Waals surface area contributed by atoms with Crippen molar-refractivity contribution in [2.45, 2.75) is 6.42 Å². The van der Waals surface area contributed by atoms with Gasteiger partial charge in [0.1, 0.15) is 0 Å². The molecule has 0 aromatic heterocycles. The molecule has 1 aliphatic rings. The van der Waals surface area contributed by atoms with Crippen molar-refractivity contribution in [2.24, 2.45) is 5.92 Å². The predicted octanol–water partition coefficient (Wildman–Crippen LogP) is -0.425. The van der Waals surface area contributed by atoms with Gasteiger partial charge in [-0.15, -0.1) is 0 Å². The smallest absolute Gasteiger partial charge is 0.0248 e. The lowest BCUT2D eigenvalue weighted by Crippen LogP contribution is -2.21. The van der Waals surface area contributed by atoms with E-state index in [2.05, 4.69) is 10.8 Å². The topological polar surface area (TPSA) is 44.3 Å². The van der Waals surface area contributed by atoms with E-state index in [1.165, 1.54) is 6.42 Å². The van der Waals surface area contributed by atoms with E-state index in [9.17, 15) is 0 Å². The Kier molecular flexibility index (Phi) is 2.27. The molecule has 1 aliphatic heterocycles. The first-order valence-corrected chi connectivity index (χ1v) is 3.01. The molecule has 0 aliphatic carbocycles. The molecule has 0 saturated carbocycles. The van der Waals surface area contributed by atoms with Crippen LogP contribution in [-0.2, 0) is 0 Å². The summed E-state index contributed by atoms with van der Waals surface area (Å²) < 4.78 is 0. The molecule has 0 aromatic rings. The first-order chi connectivity index (χ1) is 3.93. The van der Waals surface area contributed by atoms with Crippen molar-refractivity contribution < 1.29 is 5.21 Å². The van der Waals surface area contributed by atoms with Crippen molar-refractivity contribution in [3.8, 4) is 0 Å². The standard InChI is InChI=1S/C5H12N2O/c8-7-4-5-1-2-6-3-5/h5-8H,1-4H2. The van der Waals surface area contributed by atoms with Gasteiger partial charge < -0.3 is 10.5 Å². The monoisotopic (exact) mass is 116 g/mol. The summed E-state index contributed by atoms with van der Waals surface area (Å²) in [6, 6.07) is 0. The molecule has 3 heteroatoms. The van der Waals surface area contributed by atoms with Gasteiger partial charge in [-0.3, -0.25) is 0 Å². The Balaban J connectivity index is 2.06. The Labute approximate surface area is 49.0 Å². The molecule has 1 rings (SSSR count). The van der Waals surface area contributed by atoms with Crippen LogP contribution >= 0.6 is 0 Å². The van der Waals surface area contributed by atoms with Crippen molar-refractivity contribution in [2.75, 3.05) is 19.6 Å². The third-order valence-corrected chi connectivity index (χ3v) is 1.54. The molecule has 0 bridgehead atoms. The fourth-order valence-electron chi connectivity index (χ4n) is 1.02. The molecule has 3 nitrogen and oxygen atoms in total. The summed E-state index contributed by atoms with van der Waals surface area (Å²) in [4.78, 5) is 0. The zero-order chi connectivity index (χ0) is 5.82. The molecule has 1 fully saturated rings. The molecule has 3 N–H and O–H groups in total. The summed E-state index contributed by atoms with van der Waals surface area (Å²) in [5.41, 5.74) is 2.17. The van der Waals surface area contributed by atoms with Crippen molar-refractivity contribution in [3.63, 3.8) is 0 Å². The van der Waals surface area contributed by atoms with Gasteiger partial charge in [0.2, 0.25) is 0 Å². The van der Waals surface area contributed by atoms with E-state index in [-0.39, 0.29) is 0 Å². The molecule has 1 saturated heterocycles. The van der Waals surface area contributed by atoms with Crippen molar-refractivity contribution in [1.82, 2.24) is 10.8 Å². The van der Waals surface area contributed by atoms with Gasteiger partial charge in [0, 0.05) is 6.54 Å². The Morgan fingerprint density at radius 2 is 2.62 bits per heavy atom. The second kappa shape index (κ2) is 3.02. The van der Waals surface area contributed by atoms with Gasteiger partial charge in [-0.05, 0) is 25.4 Å². The van der Waals surface area contributed by atoms with Gasteiger partial charge >= 0.3 is 0 Å². The Hall–Kier alpha value is -0.120. The van der Waals surface area contributed by atoms with Crippen LogP contribution in [0.15, 0.2) is 0 Å². The summed E-state index contributed by atoms with van der Waals surface area (Å²) in [5, 5.41) is 11.5. The maximum absolute atomic E-state index is 8.25. The molecule has 48 valence electrons. The normalized spacial score (nSPS) is 28.9. The van der Waals surface area contributed by atoms with Crippen molar-refractivity contribution >= 4 is 0 Å². The van der Waals surface area contributed by atoms with Crippen molar-refractivity contribution in [3.05, 3.63) is 0 Å². The molecule has 0 radical (unpaired) electrons. The summed E-state index contributed by atoms with van der Waals surface area (Å²) in [7, 11) is 0. The van der Waals surface area contributed by atoms with Gasteiger partial charge in [0.15, 0.2) is 0 Å². The van der Waals surface area contributed by atoms with E-state index in [4.69, 9.17) is 5.21 Å². The highest BCUT2D eigenvalue weighted by Crippen LogP contribution is 2.04. The number of hydrogen-bond acceptors (Lipinski definition) is 3. The van der Waals surface area contributed by atoms with Gasteiger partial charge in [0.05, 0.1) is 0 Å². The molecule has 1 unspecified atom stereocenters. The number of hydrogen-bond donors (Lipinski definition) is 3. The minimum atomic E-state index is 0.639. The molecule has 1 heterocycles. The lowest BCUT2D eigenvalue weighted by molar-refractivity contribution is 0.151. The van der Waals surface area contributed by atoms with Crippen LogP contribution in [0, 0.1) is 5.92 Å². The highest BCUT2D eigenvalue weighted by atomic mass is 16.5. The predicted molar refractivity (Wildman–Crippen MR) is 30.8 cm³/mol. The first-order valence-electron chi connectivity index (χ1n) is 3.01. The summed E-state index contributed by atoms with van der Waals surface area (Å²) in [6.45, 7) is 2.88. The highest BCUT2D eigenvalue weighted by molar-refractivity contribution is 4.70. The summed E-state index contributed by atoms with van der Waals surface area (Å²) in [6.07, 6.45) is 1.19. The van der Waals surface area contributed by atoms with E-state index < -0.39 is 0 Å². The Bertz CT molecular complexity index is 61.4. The molecule has 8 heavy (non-hydrogen) atoms. The van der Waals surface area contributed by atoms with E-state index in [1.54, 1.807) is 0 Å². The lowest BCUT2D eigenvalue weighted by Gasteiger charge is -2.03. The molecule has 0 aromatic carbocycles. The van der Waals surface area contributed by atoms with Crippen molar-refractivity contribution in [1.29, 1.82) is 0 Å². The average molecular weight is 116 g/mol. The van der Waals surface area contributed by atoms with Crippen LogP contribution < -0.4 is 10.8 Å². The van der Waals surface area contributed by atoms with E-state index in [1.807, 2.05) is 0 Å². The fourth-order valence-corrected chi connectivity index (χ4v) is 1.02. The van der Waals surface area contributed by atoms with Crippen LogP contribution in [0.25, 0.3) is 0 Å². The third-order valence-electron chi connectivity index (χ3n) is 1.54. The largest absolute Gasteiger partial charge is 0.317 e. The van der Waals surface area contributed by atoms with Crippen LogP contribution in [0.1, 0.15) is 6.42 Å². The quantitative estimate of drug-likeness (QED) is 0.429. The molecule has 0 amide bonds. The maximum atomic E-state index is 8.25. The van der Waals surface area contributed by atoms with Gasteiger partial charge in [0.25, 0.3) is 0 Å². The highest BCUT2D eigenvalue weighted by Gasteiger charge is 2.12. The second-order valence-corrected chi connectivity index (χ2v) is 2.22. The first kappa shape index (κ1) is 6.01. The van der Waals surface area contributed by atoms with Crippen LogP contribution in [0.5, 0.6) is 0 Å². The van der Waals surface area contributed by atoms with E-state index in [0.29, 0.717) is 5.92 Å². The minimum Gasteiger partial charge on any atom is -0.317 e. The van der Waals surface area contributed by atoms with Gasteiger partial charge in [-0.25, -0.2) is 5.48 Å². The van der Waals surface area contributed by atoms with Gasteiger partial charge in [-0.2, -0.15) is 0 Å². The number of nitrogens with one attached hydrogen (secondary N) is 2. The summed E-state index contributed by atoms with van der Waals surface area (Å²) >= 11 is 0. The van der Waals surface area contributed by atoms with Crippen LogP contribution in [-0.4, -0.2) is 24.8 Å². The number of rotatable bonds is 2. The molecule has 1 atom stereocenters. The third kappa shape index (κ3) is 1.43. The Morgan fingerprint density at radius 3 is 3.12 bits per heavy atom. The second-order valence-electron chi connectivity index (χ2n) is 2.22. The SMILES string of the molecule is ONCC1CCNC1. The lowest BCUT2D eigenvalue weighted by atomic mass is 10.1. The molecular formula is C5H12N2O. The van der Waals surface area contributed by atoms with Crippen LogP contribution in [0.2, 0.25) is 0 Å². The molecule has 0 spiro atoms. The minimum absolute atomic E-state index is 0.639. The molecular weight excluding hydrogens is 104 g/mol. The maximum Gasteiger partial charge on any atom is 0.0248 e. The van der Waals surface area contributed by atoms with Gasteiger partial charge in [-0.1, -0.05) is 0 Å². The number of hydroxylamine groups is 1. The zero-order valence-electron chi connectivity index (χ0n) is 4.85. The Morgan fingerprint density at radius 1 is 1.75 bits per heavy atom. The summed E-state index contributed by atoms with van der Waals surface area (Å²) in [5.74, 6) is 0.639. The van der Waals surface area contributed by atoms with E-state index >= 15 is 0 Å². The van der Waals surface area contributed by atoms with Crippen LogP contribution in [0.4, 0.5) is 0 Å². The average Bonchev–Trinajstić information content (AvgIpc) is 2.19. The fraction of sp³-hybridized carbons (Fsp3) is 1.00. The zero-order valence-corrected chi connectivity index (χ0v) is 4.85. The van der Waals surface area contributed by atoms with E-state index in [0.717, 1.165) is 19.6 Å².